The van der Waals surface area contributed by atoms with Gasteiger partial charge in [0, 0.05) is 28.7 Å². The van der Waals surface area contributed by atoms with E-state index >= 15 is 0 Å². The van der Waals surface area contributed by atoms with Crippen LogP contribution in [0.4, 0.5) is 18.0 Å². The number of fused-ring (bicyclic) bond motifs is 2. The molecule has 4 nitrogen and oxygen atoms in total. The maximum Gasteiger partial charge on any atom is 0.422 e. The molecule has 2 unspecified atom stereocenters. The van der Waals surface area contributed by atoms with Crippen molar-refractivity contribution >= 4 is 40.0 Å². The molecule has 0 aromatic heterocycles. The normalized spacial score (nSPS) is 20.4. The standard InChI is InChI=1S/C22H20ClF3O4S/c1-3-5-12-8-15(23)17(16(9-12)29-11-22(24,25)26)18-19(27)13-6-7-14(10-13)20(18)30-21(28)31-4-2/h8-9,13-14H,4,6-7,10-11H2,1-2H3. The topological polar surface area (TPSA) is 52.6 Å². The van der Waals surface area contributed by atoms with Gasteiger partial charge in [-0.2, -0.15) is 13.2 Å². The van der Waals surface area contributed by atoms with Crippen LogP contribution in [0.5, 0.6) is 5.75 Å². The number of ketones is 1. The molecule has 2 bridgehead atoms. The second-order valence-electron chi connectivity index (χ2n) is 7.21. The molecule has 2 atom stereocenters. The fourth-order valence-electron chi connectivity index (χ4n) is 3.92. The predicted octanol–water partition coefficient (Wildman–Crippen LogP) is 6.25. The average Bonchev–Trinajstić information content (AvgIpc) is 3.12. The molecular formula is C22H20ClF3O4S. The Balaban J connectivity index is 2.18. The van der Waals surface area contributed by atoms with Crippen molar-refractivity contribution in [3.8, 4) is 17.6 Å². The van der Waals surface area contributed by atoms with Crippen molar-refractivity contribution in [1.82, 2.24) is 0 Å². The van der Waals surface area contributed by atoms with Crippen LogP contribution in [0.25, 0.3) is 5.57 Å². The maximum absolute atomic E-state index is 13.2. The molecule has 1 fully saturated rings. The van der Waals surface area contributed by atoms with Gasteiger partial charge in [0.2, 0.25) is 0 Å². The molecule has 0 spiro atoms. The summed E-state index contributed by atoms with van der Waals surface area (Å²) in [4.78, 5) is 25.4. The third kappa shape index (κ3) is 5.39. The Kier molecular flexibility index (Phi) is 7.28. The lowest BCUT2D eigenvalue weighted by Gasteiger charge is -2.26. The quantitative estimate of drug-likeness (QED) is 0.374. The Hall–Kier alpha value is -2.11. The molecule has 0 saturated heterocycles. The largest absolute Gasteiger partial charge is 0.483 e. The van der Waals surface area contributed by atoms with Crippen molar-refractivity contribution in [1.29, 1.82) is 0 Å². The number of ether oxygens (including phenoxy) is 2. The summed E-state index contributed by atoms with van der Waals surface area (Å²) >= 11 is 7.38. The second kappa shape index (κ2) is 9.58. The van der Waals surface area contributed by atoms with E-state index in [9.17, 15) is 22.8 Å². The highest BCUT2D eigenvalue weighted by Crippen LogP contribution is 2.50. The average molecular weight is 473 g/mol. The van der Waals surface area contributed by atoms with E-state index in [0.717, 1.165) is 11.8 Å². The smallest absolute Gasteiger partial charge is 0.422 e. The van der Waals surface area contributed by atoms with Crippen molar-refractivity contribution in [2.75, 3.05) is 12.4 Å². The van der Waals surface area contributed by atoms with Gasteiger partial charge in [0.15, 0.2) is 12.4 Å². The zero-order chi connectivity index (χ0) is 22.8. The number of carbonyl (C=O) groups excluding carboxylic acids is 2. The fraction of sp³-hybridized carbons (Fsp3) is 0.455. The molecular weight excluding hydrogens is 453 g/mol. The Bertz CT molecular complexity index is 991. The summed E-state index contributed by atoms with van der Waals surface area (Å²) < 4.78 is 49.2. The van der Waals surface area contributed by atoms with E-state index in [-0.39, 0.29) is 45.3 Å². The van der Waals surface area contributed by atoms with Gasteiger partial charge in [-0.1, -0.05) is 24.4 Å². The Morgan fingerprint density at radius 1 is 1.29 bits per heavy atom. The zero-order valence-electron chi connectivity index (χ0n) is 16.9. The summed E-state index contributed by atoms with van der Waals surface area (Å²) in [6.45, 7) is 1.80. The van der Waals surface area contributed by atoms with Crippen LogP contribution in [0.15, 0.2) is 17.9 Å². The van der Waals surface area contributed by atoms with Gasteiger partial charge in [-0.25, -0.2) is 4.79 Å². The Labute approximate surface area is 187 Å². The first-order chi connectivity index (χ1) is 14.6. The molecule has 0 heterocycles. The van der Waals surface area contributed by atoms with Gasteiger partial charge in [-0.15, -0.1) is 5.92 Å². The number of rotatable bonds is 5. The number of hydrogen-bond acceptors (Lipinski definition) is 5. The summed E-state index contributed by atoms with van der Waals surface area (Å²) in [5.74, 6) is 5.04. The van der Waals surface area contributed by atoms with Gasteiger partial charge >= 0.3 is 11.5 Å². The van der Waals surface area contributed by atoms with Gasteiger partial charge in [-0.3, -0.25) is 4.79 Å². The summed E-state index contributed by atoms with van der Waals surface area (Å²) in [6.07, 6.45) is -2.79. The van der Waals surface area contributed by atoms with Crippen LogP contribution in [-0.2, 0) is 9.53 Å². The highest BCUT2D eigenvalue weighted by atomic mass is 35.5. The first-order valence-corrected chi connectivity index (χ1v) is 11.1. The number of thioether (sulfide) groups is 1. The molecule has 3 rings (SSSR count). The first kappa shape index (κ1) is 23.6. The van der Waals surface area contributed by atoms with Gasteiger partial charge in [0.1, 0.15) is 11.5 Å². The van der Waals surface area contributed by atoms with Gasteiger partial charge in [-0.05, 0) is 50.1 Å². The van der Waals surface area contributed by atoms with Crippen molar-refractivity contribution in [3.63, 3.8) is 0 Å². The van der Waals surface area contributed by atoms with Crippen LogP contribution in [0.1, 0.15) is 44.2 Å². The van der Waals surface area contributed by atoms with E-state index in [0.29, 0.717) is 30.6 Å². The number of alkyl halides is 3. The molecule has 0 radical (unpaired) electrons. The number of halogens is 4. The van der Waals surface area contributed by atoms with Crippen LogP contribution in [-0.4, -0.2) is 29.6 Å². The van der Waals surface area contributed by atoms with Gasteiger partial charge < -0.3 is 9.47 Å². The summed E-state index contributed by atoms with van der Waals surface area (Å²) in [5, 5.41) is -0.561. The number of hydrogen-bond donors (Lipinski definition) is 0. The molecule has 0 N–H and O–H groups in total. The molecule has 1 aromatic rings. The highest BCUT2D eigenvalue weighted by molar-refractivity contribution is 8.13. The van der Waals surface area contributed by atoms with E-state index in [1.54, 1.807) is 13.8 Å². The minimum Gasteiger partial charge on any atom is -0.483 e. The lowest BCUT2D eigenvalue weighted by Crippen LogP contribution is -2.25. The Morgan fingerprint density at radius 3 is 2.65 bits per heavy atom. The molecule has 31 heavy (non-hydrogen) atoms. The van der Waals surface area contributed by atoms with E-state index < -0.39 is 18.1 Å². The molecule has 166 valence electrons. The summed E-state index contributed by atoms with van der Waals surface area (Å²) in [6, 6.07) is 2.78. The highest BCUT2D eigenvalue weighted by Gasteiger charge is 2.44. The zero-order valence-corrected chi connectivity index (χ0v) is 18.5. The molecule has 0 aliphatic heterocycles. The maximum atomic E-state index is 13.2. The van der Waals surface area contributed by atoms with Gasteiger partial charge in [0.05, 0.1) is 10.6 Å². The van der Waals surface area contributed by atoms with Crippen LogP contribution in [0, 0.1) is 23.7 Å². The summed E-state index contributed by atoms with van der Waals surface area (Å²) in [5.41, 5.74) is 0.390. The monoisotopic (exact) mass is 472 g/mol. The molecule has 0 amide bonds. The molecule has 2 aliphatic rings. The first-order valence-electron chi connectivity index (χ1n) is 9.73. The molecule has 2 aliphatic carbocycles. The lowest BCUT2D eigenvalue weighted by molar-refractivity contribution is -0.153. The van der Waals surface area contributed by atoms with E-state index in [4.69, 9.17) is 21.1 Å². The van der Waals surface area contributed by atoms with Crippen LogP contribution in [0.3, 0.4) is 0 Å². The lowest BCUT2D eigenvalue weighted by atomic mass is 9.82. The van der Waals surface area contributed by atoms with Gasteiger partial charge in [0.25, 0.3) is 0 Å². The van der Waals surface area contributed by atoms with Crippen molar-refractivity contribution in [2.45, 2.75) is 39.3 Å². The molecule has 9 heteroatoms. The van der Waals surface area contributed by atoms with Crippen LogP contribution < -0.4 is 4.74 Å². The third-order valence-electron chi connectivity index (χ3n) is 5.09. The van der Waals surface area contributed by atoms with E-state index in [2.05, 4.69) is 11.8 Å². The third-order valence-corrected chi connectivity index (χ3v) is 5.99. The van der Waals surface area contributed by atoms with E-state index in [1.807, 2.05) is 0 Å². The van der Waals surface area contributed by atoms with Crippen molar-refractivity contribution in [2.24, 2.45) is 11.8 Å². The van der Waals surface area contributed by atoms with Crippen LogP contribution >= 0.6 is 23.4 Å². The summed E-state index contributed by atoms with van der Waals surface area (Å²) in [7, 11) is 0. The minimum atomic E-state index is -4.59. The van der Waals surface area contributed by atoms with E-state index in [1.165, 1.54) is 12.1 Å². The SMILES string of the molecule is CC#Cc1cc(Cl)c(C2=C(OC(=O)SCC)C3CCC(C3)C2=O)c(OCC(F)(F)F)c1. The molecule has 1 saturated carbocycles. The minimum absolute atomic E-state index is 0.0125. The van der Waals surface area contributed by atoms with Crippen molar-refractivity contribution in [3.05, 3.63) is 34.0 Å². The number of benzene rings is 1. The van der Waals surface area contributed by atoms with Crippen LogP contribution in [0.2, 0.25) is 5.02 Å². The second-order valence-corrected chi connectivity index (χ2v) is 8.81. The van der Waals surface area contributed by atoms with Crippen molar-refractivity contribution < 1.29 is 32.2 Å². The Morgan fingerprint density at radius 2 is 2.00 bits per heavy atom. The number of Topliss-reactive ketones (excluding diaryl/α,β-unsaturated/α-hetero) is 1. The molecule has 1 aromatic carbocycles. The fourth-order valence-corrected chi connectivity index (χ4v) is 4.61. The number of allylic oxidation sites excluding steroid dienone is 2. The predicted molar refractivity (Wildman–Crippen MR) is 113 cm³/mol. The number of carbonyl (C=O) groups is 2.